The van der Waals surface area contributed by atoms with Crippen LogP contribution in [0, 0.1) is 5.92 Å². The van der Waals surface area contributed by atoms with Gasteiger partial charge in [0.05, 0.1) is 10.9 Å². The Balaban J connectivity index is 2.80. The number of hydrogen-bond acceptors (Lipinski definition) is 4. The molecular weight excluding hydrogens is 278 g/mol. The Hall–Kier alpha value is -1.44. The maximum atomic E-state index is 11.8. The zero-order valence-electron chi connectivity index (χ0n) is 11.9. The molecule has 1 aromatic carbocycles. The van der Waals surface area contributed by atoms with E-state index in [-0.39, 0.29) is 16.7 Å². The Kier molecular flexibility index (Phi) is 5.67. The molecule has 0 fully saturated rings. The van der Waals surface area contributed by atoms with Crippen LogP contribution in [0.3, 0.4) is 0 Å². The first kappa shape index (κ1) is 16.6. The van der Waals surface area contributed by atoms with Crippen molar-refractivity contribution in [1.29, 1.82) is 0 Å². The first-order valence-electron chi connectivity index (χ1n) is 6.44. The minimum atomic E-state index is -3.47. The van der Waals surface area contributed by atoms with Crippen LogP contribution in [0.4, 0.5) is 5.69 Å². The lowest BCUT2D eigenvalue weighted by Gasteiger charge is -2.15. The molecule has 0 aliphatic carbocycles. The van der Waals surface area contributed by atoms with Crippen molar-refractivity contribution in [2.24, 2.45) is 11.7 Å². The normalized spacial score (nSPS) is 13.2. The topological polar surface area (TPSA) is 101 Å². The van der Waals surface area contributed by atoms with Gasteiger partial charge in [-0.05, 0) is 30.2 Å². The van der Waals surface area contributed by atoms with Gasteiger partial charge in [-0.1, -0.05) is 20.8 Å². The van der Waals surface area contributed by atoms with Gasteiger partial charge in [0.25, 0.3) is 0 Å². The number of carbonyl (C=O) groups excluding carboxylic acids is 1. The highest BCUT2D eigenvalue weighted by molar-refractivity contribution is 7.89. The molecule has 7 heteroatoms. The number of benzene rings is 1. The Morgan fingerprint density at radius 3 is 2.25 bits per heavy atom. The van der Waals surface area contributed by atoms with Gasteiger partial charge in [-0.25, -0.2) is 13.1 Å². The van der Waals surface area contributed by atoms with Gasteiger partial charge in [0.2, 0.25) is 15.9 Å². The highest BCUT2D eigenvalue weighted by atomic mass is 32.2. The van der Waals surface area contributed by atoms with Gasteiger partial charge in [-0.2, -0.15) is 0 Å². The van der Waals surface area contributed by atoms with Gasteiger partial charge in [0.15, 0.2) is 0 Å². The molecule has 1 amide bonds. The quantitative estimate of drug-likeness (QED) is 0.726. The second-order valence-electron chi connectivity index (χ2n) is 4.78. The van der Waals surface area contributed by atoms with Crippen LogP contribution in [0.2, 0.25) is 0 Å². The zero-order chi connectivity index (χ0) is 15.3. The maximum absolute atomic E-state index is 11.8. The molecule has 0 aliphatic heterocycles. The number of amides is 1. The summed E-state index contributed by atoms with van der Waals surface area (Å²) in [6, 6.07) is 5.35. The van der Waals surface area contributed by atoms with E-state index in [4.69, 9.17) is 5.73 Å². The van der Waals surface area contributed by atoms with Gasteiger partial charge in [0, 0.05) is 12.2 Å². The van der Waals surface area contributed by atoms with E-state index in [9.17, 15) is 13.2 Å². The molecule has 4 N–H and O–H groups in total. The third kappa shape index (κ3) is 4.29. The van der Waals surface area contributed by atoms with Crippen LogP contribution in [0.15, 0.2) is 29.2 Å². The Labute approximate surface area is 119 Å². The second-order valence-corrected chi connectivity index (χ2v) is 6.55. The SMILES string of the molecule is CCNS(=O)(=O)c1ccc(NC(=O)[C@H](N)C(C)C)cc1. The molecule has 0 unspecified atom stereocenters. The van der Waals surface area contributed by atoms with E-state index in [2.05, 4.69) is 10.0 Å². The van der Waals surface area contributed by atoms with Gasteiger partial charge < -0.3 is 11.1 Å². The van der Waals surface area contributed by atoms with Crippen LogP contribution in [0.1, 0.15) is 20.8 Å². The lowest BCUT2D eigenvalue weighted by molar-refractivity contribution is -0.118. The first-order chi connectivity index (χ1) is 9.27. The largest absolute Gasteiger partial charge is 0.325 e. The summed E-state index contributed by atoms with van der Waals surface area (Å²) in [4.78, 5) is 11.9. The summed E-state index contributed by atoms with van der Waals surface area (Å²) in [7, 11) is -3.47. The number of nitrogens with one attached hydrogen (secondary N) is 2. The van der Waals surface area contributed by atoms with Crippen LogP contribution >= 0.6 is 0 Å². The number of carbonyl (C=O) groups is 1. The smallest absolute Gasteiger partial charge is 0.241 e. The predicted octanol–water partition coefficient (Wildman–Crippen LogP) is 0.907. The fourth-order valence-corrected chi connectivity index (χ4v) is 2.56. The van der Waals surface area contributed by atoms with Crippen molar-refractivity contribution >= 4 is 21.6 Å². The van der Waals surface area contributed by atoms with Crippen LogP contribution in [-0.2, 0) is 14.8 Å². The predicted molar refractivity (Wildman–Crippen MR) is 78.7 cm³/mol. The van der Waals surface area contributed by atoms with Crippen LogP contribution in [0.5, 0.6) is 0 Å². The van der Waals surface area contributed by atoms with Gasteiger partial charge >= 0.3 is 0 Å². The van der Waals surface area contributed by atoms with E-state index < -0.39 is 16.1 Å². The molecule has 0 bridgehead atoms. The third-order valence-electron chi connectivity index (χ3n) is 2.79. The molecule has 1 aromatic rings. The lowest BCUT2D eigenvalue weighted by Crippen LogP contribution is -2.39. The summed E-state index contributed by atoms with van der Waals surface area (Å²) in [5.41, 5.74) is 6.24. The first-order valence-corrected chi connectivity index (χ1v) is 7.92. The van der Waals surface area contributed by atoms with Crippen LogP contribution in [0.25, 0.3) is 0 Å². The number of hydrogen-bond donors (Lipinski definition) is 3. The molecule has 112 valence electrons. The van der Waals surface area contributed by atoms with E-state index >= 15 is 0 Å². The zero-order valence-corrected chi connectivity index (χ0v) is 12.7. The molecule has 1 atom stereocenters. The van der Waals surface area contributed by atoms with Crippen molar-refractivity contribution in [1.82, 2.24) is 4.72 Å². The van der Waals surface area contributed by atoms with E-state index in [0.717, 1.165) is 0 Å². The summed E-state index contributed by atoms with van der Waals surface area (Å²) in [5.74, 6) is -0.259. The summed E-state index contributed by atoms with van der Waals surface area (Å²) >= 11 is 0. The Morgan fingerprint density at radius 1 is 1.25 bits per heavy atom. The second kappa shape index (κ2) is 6.83. The van der Waals surface area contributed by atoms with Gasteiger partial charge in [-0.15, -0.1) is 0 Å². The van der Waals surface area contributed by atoms with E-state index in [0.29, 0.717) is 12.2 Å². The molecule has 0 heterocycles. The van der Waals surface area contributed by atoms with E-state index in [1.165, 1.54) is 24.3 Å². The van der Waals surface area contributed by atoms with Crippen molar-refractivity contribution in [3.05, 3.63) is 24.3 Å². The summed E-state index contributed by atoms with van der Waals surface area (Å²) in [5, 5.41) is 2.65. The summed E-state index contributed by atoms with van der Waals surface area (Å²) in [6.45, 7) is 5.75. The number of sulfonamides is 1. The van der Waals surface area contributed by atoms with Crippen molar-refractivity contribution in [2.45, 2.75) is 31.7 Å². The van der Waals surface area contributed by atoms with Gasteiger partial charge in [0.1, 0.15) is 0 Å². The minimum absolute atomic E-state index is 0.0309. The summed E-state index contributed by atoms with van der Waals surface area (Å²) < 4.78 is 25.9. The number of rotatable bonds is 6. The molecule has 1 rings (SSSR count). The average molecular weight is 299 g/mol. The molecule has 0 aromatic heterocycles. The highest BCUT2D eigenvalue weighted by Crippen LogP contribution is 2.14. The Morgan fingerprint density at radius 2 is 1.80 bits per heavy atom. The Bertz CT molecular complexity index is 553. The van der Waals surface area contributed by atoms with Gasteiger partial charge in [-0.3, -0.25) is 4.79 Å². The van der Waals surface area contributed by atoms with E-state index in [1.807, 2.05) is 13.8 Å². The van der Waals surface area contributed by atoms with Crippen molar-refractivity contribution in [2.75, 3.05) is 11.9 Å². The fourth-order valence-electron chi connectivity index (χ4n) is 1.52. The molecule has 0 saturated heterocycles. The molecule has 0 aliphatic rings. The van der Waals surface area contributed by atoms with Crippen LogP contribution < -0.4 is 15.8 Å². The number of anilines is 1. The highest BCUT2D eigenvalue weighted by Gasteiger charge is 2.17. The molecular formula is C13H21N3O3S. The molecule has 6 nitrogen and oxygen atoms in total. The molecule has 0 saturated carbocycles. The minimum Gasteiger partial charge on any atom is -0.325 e. The summed E-state index contributed by atoms with van der Waals surface area (Å²) in [6.07, 6.45) is 0. The van der Waals surface area contributed by atoms with Crippen molar-refractivity contribution in [3.8, 4) is 0 Å². The maximum Gasteiger partial charge on any atom is 0.241 e. The monoisotopic (exact) mass is 299 g/mol. The van der Waals surface area contributed by atoms with Crippen molar-refractivity contribution in [3.63, 3.8) is 0 Å². The molecule has 20 heavy (non-hydrogen) atoms. The fraction of sp³-hybridized carbons (Fsp3) is 0.462. The standard InChI is InChI=1S/C13H21N3O3S/c1-4-15-20(18,19)11-7-5-10(6-8-11)16-13(17)12(14)9(2)3/h5-9,12,15H,4,14H2,1-3H3,(H,16,17)/t12-/m1/s1. The molecule has 0 radical (unpaired) electrons. The average Bonchev–Trinajstić information content (AvgIpc) is 2.38. The van der Waals surface area contributed by atoms with Crippen molar-refractivity contribution < 1.29 is 13.2 Å². The van der Waals surface area contributed by atoms with E-state index in [1.54, 1.807) is 6.92 Å². The number of nitrogens with two attached hydrogens (primary N) is 1. The molecule has 0 spiro atoms. The van der Waals surface area contributed by atoms with Crippen LogP contribution in [-0.4, -0.2) is 26.9 Å². The third-order valence-corrected chi connectivity index (χ3v) is 4.35. The lowest BCUT2D eigenvalue weighted by atomic mass is 10.1.